The van der Waals surface area contributed by atoms with E-state index in [9.17, 15) is 8.78 Å². The highest BCUT2D eigenvalue weighted by Crippen LogP contribution is 2.40. The van der Waals surface area contributed by atoms with E-state index in [-0.39, 0.29) is 17.3 Å². The molecule has 0 amide bonds. The second-order valence-electron chi connectivity index (χ2n) is 5.96. The Bertz CT molecular complexity index is 781. The number of hydrogen-bond donors (Lipinski definition) is 0. The van der Waals surface area contributed by atoms with Gasteiger partial charge in [0, 0.05) is 24.8 Å². The van der Waals surface area contributed by atoms with Crippen LogP contribution in [0.5, 0.6) is 0 Å². The molecule has 0 radical (unpaired) electrons. The number of nitriles is 1. The second-order valence-corrected chi connectivity index (χ2v) is 5.96. The number of benzene rings is 1. The van der Waals surface area contributed by atoms with E-state index >= 15 is 0 Å². The lowest BCUT2D eigenvalue weighted by Crippen LogP contribution is -2.25. The summed E-state index contributed by atoms with van der Waals surface area (Å²) in [6.07, 6.45) is 1.68. The quantitative estimate of drug-likeness (QED) is 0.851. The molecule has 1 fully saturated rings. The zero-order valence-electron chi connectivity index (χ0n) is 13.4. The van der Waals surface area contributed by atoms with E-state index in [0.29, 0.717) is 6.54 Å². The summed E-state index contributed by atoms with van der Waals surface area (Å²) in [5.74, 6) is -1.37. The first-order valence-corrected chi connectivity index (χ1v) is 7.60. The molecule has 1 aromatic heterocycles. The van der Waals surface area contributed by atoms with Crippen molar-refractivity contribution in [2.45, 2.75) is 32.7 Å². The van der Waals surface area contributed by atoms with Crippen molar-refractivity contribution < 1.29 is 8.78 Å². The van der Waals surface area contributed by atoms with Crippen LogP contribution >= 0.6 is 0 Å². The summed E-state index contributed by atoms with van der Waals surface area (Å²) in [6, 6.07) is 3.87. The SMILES string of the molecule is Cc1nn(C)c(C)c1C1CCCN1c1c(F)cc(C#N)cc1F. The van der Waals surface area contributed by atoms with E-state index in [1.54, 1.807) is 15.7 Å². The van der Waals surface area contributed by atoms with Crippen LogP contribution in [0.1, 0.15) is 41.4 Å². The van der Waals surface area contributed by atoms with Gasteiger partial charge in [-0.15, -0.1) is 0 Å². The number of aryl methyl sites for hydroxylation is 2. The Kier molecular flexibility index (Phi) is 3.80. The largest absolute Gasteiger partial charge is 0.360 e. The first-order valence-electron chi connectivity index (χ1n) is 7.60. The summed E-state index contributed by atoms with van der Waals surface area (Å²) < 4.78 is 30.6. The number of halogens is 2. The van der Waals surface area contributed by atoms with Crippen molar-refractivity contribution in [1.29, 1.82) is 5.26 Å². The molecule has 1 atom stereocenters. The van der Waals surface area contributed by atoms with Gasteiger partial charge in [0.25, 0.3) is 0 Å². The molecule has 0 bridgehead atoms. The molecule has 0 spiro atoms. The van der Waals surface area contributed by atoms with E-state index < -0.39 is 11.6 Å². The van der Waals surface area contributed by atoms with Crippen LogP contribution in [-0.4, -0.2) is 16.3 Å². The highest BCUT2D eigenvalue weighted by molar-refractivity contribution is 5.56. The van der Waals surface area contributed by atoms with Crippen molar-refractivity contribution in [1.82, 2.24) is 9.78 Å². The summed E-state index contributed by atoms with van der Waals surface area (Å²) in [5.41, 5.74) is 2.88. The van der Waals surface area contributed by atoms with Crippen LogP contribution in [0, 0.1) is 36.8 Å². The Morgan fingerprint density at radius 3 is 2.43 bits per heavy atom. The summed E-state index contributed by atoms with van der Waals surface area (Å²) in [5, 5.41) is 13.3. The van der Waals surface area contributed by atoms with Gasteiger partial charge in [-0.2, -0.15) is 10.4 Å². The maximum Gasteiger partial charge on any atom is 0.150 e. The summed E-state index contributed by atoms with van der Waals surface area (Å²) in [4.78, 5) is 1.77. The zero-order valence-corrected chi connectivity index (χ0v) is 13.4. The maximum absolute atomic E-state index is 14.4. The first-order chi connectivity index (χ1) is 10.9. The fraction of sp³-hybridized carbons (Fsp3) is 0.412. The minimum Gasteiger partial charge on any atom is -0.360 e. The molecule has 3 rings (SSSR count). The van der Waals surface area contributed by atoms with Crippen LogP contribution < -0.4 is 4.90 Å². The molecule has 1 aliphatic heterocycles. The fourth-order valence-corrected chi connectivity index (χ4v) is 3.51. The third-order valence-electron chi connectivity index (χ3n) is 4.58. The Morgan fingerprint density at radius 2 is 1.91 bits per heavy atom. The molecular weight excluding hydrogens is 298 g/mol. The van der Waals surface area contributed by atoms with E-state index in [4.69, 9.17) is 5.26 Å². The summed E-state index contributed by atoms with van der Waals surface area (Å²) in [6.45, 7) is 4.47. The smallest absolute Gasteiger partial charge is 0.150 e. The van der Waals surface area contributed by atoms with Crippen LogP contribution in [0.4, 0.5) is 14.5 Å². The topological polar surface area (TPSA) is 44.9 Å². The van der Waals surface area contributed by atoms with Crippen LogP contribution in [0.2, 0.25) is 0 Å². The van der Waals surface area contributed by atoms with Gasteiger partial charge in [-0.1, -0.05) is 0 Å². The van der Waals surface area contributed by atoms with Gasteiger partial charge in [0.05, 0.1) is 23.4 Å². The van der Waals surface area contributed by atoms with Gasteiger partial charge >= 0.3 is 0 Å². The maximum atomic E-state index is 14.4. The molecule has 0 aliphatic carbocycles. The van der Waals surface area contributed by atoms with Crippen LogP contribution in [0.15, 0.2) is 12.1 Å². The minimum absolute atomic E-state index is 0.00626. The number of aromatic nitrogens is 2. The van der Waals surface area contributed by atoms with Crippen molar-refractivity contribution in [3.05, 3.63) is 46.3 Å². The van der Waals surface area contributed by atoms with Crippen LogP contribution in [0.25, 0.3) is 0 Å². The monoisotopic (exact) mass is 316 g/mol. The zero-order chi connectivity index (χ0) is 16.7. The van der Waals surface area contributed by atoms with Crippen molar-refractivity contribution in [2.75, 3.05) is 11.4 Å². The van der Waals surface area contributed by atoms with Gasteiger partial charge in [0.1, 0.15) is 5.69 Å². The molecule has 2 aromatic rings. The number of rotatable bonds is 2. The third-order valence-corrected chi connectivity index (χ3v) is 4.58. The van der Waals surface area contributed by atoms with Crippen molar-refractivity contribution in [2.24, 2.45) is 7.05 Å². The molecule has 1 unspecified atom stereocenters. The lowest BCUT2D eigenvalue weighted by molar-refractivity contribution is 0.564. The lowest BCUT2D eigenvalue weighted by atomic mass is 10.0. The fourth-order valence-electron chi connectivity index (χ4n) is 3.51. The summed E-state index contributed by atoms with van der Waals surface area (Å²) >= 11 is 0. The van der Waals surface area contributed by atoms with E-state index in [0.717, 1.165) is 41.9 Å². The number of hydrogen-bond acceptors (Lipinski definition) is 3. The lowest BCUT2D eigenvalue weighted by Gasteiger charge is -2.28. The van der Waals surface area contributed by atoms with E-state index in [2.05, 4.69) is 5.10 Å². The molecule has 120 valence electrons. The Hall–Kier alpha value is -2.42. The molecule has 0 N–H and O–H groups in total. The Morgan fingerprint density at radius 1 is 1.26 bits per heavy atom. The van der Waals surface area contributed by atoms with Gasteiger partial charge < -0.3 is 4.90 Å². The molecule has 1 aromatic carbocycles. The molecule has 4 nitrogen and oxygen atoms in total. The third kappa shape index (κ3) is 2.46. The van der Waals surface area contributed by atoms with E-state index in [1.165, 1.54) is 0 Å². The highest BCUT2D eigenvalue weighted by atomic mass is 19.1. The van der Waals surface area contributed by atoms with Crippen LogP contribution in [-0.2, 0) is 7.05 Å². The molecule has 6 heteroatoms. The van der Waals surface area contributed by atoms with E-state index in [1.807, 2.05) is 20.9 Å². The standard InChI is InChI=1S/C17H18F2N4/c1-10-16(11(2)22(3)21-10)15-5-4-6-23(15)17-13(18)7-12(9-20)8-14(17)19/h7-8,15H,4-6H2,1-3H3. The minimum atomic E-state index is -0.687. The molecular formula is C17H18F2N4. The van der Waals surface area contributed by atoms with Gasteiger partial charge in [-0.25, -0.2) is 8.78 Å². The molecule has 1 aliphatic rings. The second kappa shape index (κ2) is 5.65. The number of anilines is 1. The Labute approximate surface area is 133 Å². The summed E-state index contributed by atoms with van der Waals surface area (Å²) in [7, 11) is 1.87. The normalized spacial score (nSPS) is 17.6. The van der Waals surface area contributed by atoms with Crippen molar-refractivity contribution in [3.8, 4) is 6.07 Å². The van der Waals surface area contributed by atoms with Crippen molar-refractivity contribution in [3.63, 3.8) is 0 Å². The molecule has 23 heavy (non-hydrogen) atoms. The van der Waals surface area contributed by atoms with Gasteiger partial charge in [0.2, 0.25) is 0 Å². The molecule has 0 saturated carbocycles. The van der Waals surface area contributed by atoms with Crippen LogP contribution in [0.3, 0.4) is 0 Å². The molecule has 2 heterocycles. The highest BCUT2D eigenvalue weighted by Gasteiger charge is 2.33. The first kappa shape index (κ1) is 15.5. The number of nitrogens with zero attached hydrogens (tertiary/aromatic N) is 4. The predicted molar refractivity (Wildman–Crippen MR) is 83.1 cm³/mol. The predicted octanol–water partition coefficient (Wildman–Crippen LogP) is 3.53. The Balaban J connectivity index is 2.08. The molecule has 1 saturated heterocycles. The average Bonchev–Trinajstić information content (AvgIpc) is 3.04. The van der Waals surface area contributed by atoms with Gasteiger partial charge in [-0.3, -0.25) is 4.68 Å². The average molecular weight is 316 g/mol. The van der Waals surface area contributed by atoms with Crippen molar-refractivity contribution >= 4 is 5.69 Å². The van der Waals surface area contributed by atoms with Gasteiger partial charge in [0.15, 0.2) is 11.6 Å². The van der Waals surface area contributed by atoms with Gasteiger partial charge in [-0.05, 0) is 38.8 Å².